The molecule has 3 nitrogen and oxygen atoms in total. The number of phenols is 1. The standard InChI is InChI=1S/C24H35NO2/c1-6-22(18-10-13-21(27-5)14-11-18)23(7-2)19-12-15-24(26)20(16-19)17-25(8-3)9-4/h10-16,22-23,26H,6-9,17H2,1-5H3/t22-,23-/m1/s1. The van der Waals surface area contributed by atoms with Crippen LogP contribution < -0.4 is 4.74 Å². The van der Waals surface area contributed by atoms with Gasteiger partial charge in [-0.05, 0) is 67.1 Å². The van der Waals surface area contributed by atoms with Gasteiger partial charge in [-0.2, -0.15) is 0 Å². The van der Waals surface area contributed by atoms with E-state index in [0.29, 0.717) is 17.6 Å². The van der Waals surface area contributed by atoms with Crippen molar-refractivity contribution in [1.29, 1.82) is 0 Å². The lowest BCUT2D eigenvalue weighted by Crippen LogP contribution is -2.22. The van der Waals surface area contributed by atoms with Gasteiger partial charge in [0, 0.05) is 12.1 Å². The highest BCUT2D eigenvalue weighted by atomic mass is 16.5. The number of phenolic OH excluding ortho intramolecular Hbond substituents is 1. The molecule has 0 aliphatic heterocycles. The van der Waals surface area contributed by atoms with Crippen molar-refractivity contribution in [3.05, 3.63) is 59.2 Å². The van der Waals surface area contributed by atoms with E-state index < -0.39 is 0 Å². The van der Waals surface area contributed by atoms with Crippen LogP contribution in [-0.2, 0) is 6.54 Å². The minimum Gasteiger partial charge on any atom is -0.508 e. The largest absolute Gasteiger partial charge is 0.508 e. The van der Waals surface area contributed by atoms with Gasteiger partial charge in [0.25, 0.3) is 0 Å². The highest BCUT2D eigenvalue weighted by Crippen LogP contribution is 2.39. The molecule has 0 radical (unpaired) electrons. The topological polar surface area (TPSA) is 32.7 Å². The third kappa shape index (κ3) is 5.26. The number of benzene rings is 2. The molecule has 0 aromatic heterocycles. The molecule has 0 fully saturated rings. The summed E-state index contributed by atoms with van der Waals surface area (Å²) in [5.41, 5.74) is 3.70. The molecule has 0 bridgehead atoms. The van der Waals surface area contributed by atoms with Crippen LogP contribution in [0.4, 0.5) is 0 Å². The van der Waals surface area contributed by atoms with E-state index in [4.69, 9.17) is 4.74 Å². The van der Waals surface area contributed by atoms with Gasteiger partial charge in [-0.1, -0.05) is 52.0 Å². The molecule has 3 heteroatoms. The maximum Gasteiger partial charge on any atom is 0.120 e. The smallest absolute Gasteiger partial charge is 0.120 e. The number of hydrogen-bond donors (Lipinski definition) is 1. The summed E-state index contributed by atoms with van der Waals surface area (Å²) in [7, 11) is 1.70. The van der Waals surface area contributed by atoms with Crippen molar-refractivity contribution in [3.8, 4) is 11.5 Å². The van der Waals surface area contributed by atoms with Crippen LogP contribution in [0.5, 0.6) is 11.5 Å². The molecule has 0 heterocycles. The van der Waals surface area contributed by atoms with Gasteiger partial charge in [-0.15, -0.1) is 0 Å². The fourth-order valence-corrected chi connectivity index (χ4v) is 4.01. The molecular weight excluding hydrogens is 334 g/mol. The zero-order chi connectivity index (χ0) is 19.8. The van der Waals surface area contributed by atoms with Crippen molar-refractivity contribution in [2.24, 2.45) is 0 Å². The zero-order valence-corrected chi connectivity index (χ0v) is 17.5. The second-order valence-electron chi connectivity index (χ2n) is 7.15. The van der Waals surface area contributed by atoms with Crippen LogP contribution in [0.2, 0.25) is 0 Å². The van der Waals surface area contributed by atoms with Crippen LogP contribution in [0.1, 0.15) is 69.1 Å². The number of hydrogen-bond acceptors (Lipinski definition) is 3. The molecule has 0 saturated carbocycles. The number of nitrogens with zero attached hydrogens (tertiary/aromatic N) is 1. The van der Waals surface area contributed by atoms with Crippen LogP contribution in [0.25, 0.3) is 0 Å². The van der Waals surface area contributed by atoms with Crippen molar-refractivity contribution < 1.29 is 9.84 Å². The quantitative estimate of drug-likeness (QED) is 0.563. The summed E-state index contributed by atoms with van der Waals surface area (Å²) in [5.74, 6) is 2.18. The average Bonchev–Trinajstić information content (AvgIpc) is 2.71. The number of rotatable bonds is 10. The Morgan fingerprint density at radius 3 is 1.93 bits per heavy atom. The van der Waals surface area contributed by atoms with Crippen LogP contribution in [0.3, 0.4) is 0 Å². The molecule has 27 heavy (non-hydrogen) atoms. The highest BCUT2D eigenvalue weighted by molar-refractivity contribution is 5.40. The molecule has 0 aliphatic rings. The van der Waals surface area contributed by atoms with Gasteiger partial charge in [-0.25, -0.2) is 0 Å². The lowest BCUT2D eigenvalue weighted by molar-refractivity contribution is 0.290. The van der Waals surface area contributed by atoms with E-state index >= 15 is 0 Å². The third-order valence-electron chi connectivity index (χ3n) is 5.73. The van der Waals surface area contributed by atoms with Gasteiger partial charge in [0.2, 0.25) is 0 Å². The fraction of sp³-hybridized carbons (Fsp3) is 0.500. The van der Waals surface area contributed by atoms with Crippen molar-refractivity contribution in [2.45, 2.75) is 58.9 Å². The monoisotopic (exact) mass is 369 g/mol. The molecule has 0 saturated heterocycles. The Kier molecular flexibility index (Phi) is 8.18. The zero-order valence-electron chi connectivity index (χ0n) is 17.5. The molecule has 0 amide bonds. The number of ether oxygens (including phenoxy) is 1. The Hall–Kier alpha value is -2.00. The van der Waals surface area contributed by atoms with Crippen molar-refractivity contribution in [3.63, 3.8) is 0 Å². The Morgan fingerprint density at radius 2 is 1.41 bits per heavy atom. The second kappa shape index (κ2) is 10.4. The van der Waals surface area contributed by atoms with Gasteiger partial charge in [0.1, 0.15) is 11.5 Å². The van der Waals surface area contributed by atoms with Gasteiger partial charge in [0.15, 0.2) is 0 Å². The summed E-state index contributed by atoms with van der Waals surface area (Å²) in [6.45, 7) is 11.6. The SMILES string of the molecule is CC[C@H](c1ccc(OC)cc1)[C@H](CC)c1ccc(O)c(CN(CC)CC)c1. The van der Waals surface area contributed by atoms with E-state index in [1.165, 1.54) is 11.1 Å². The van der Waals surface area contributed by atoms with E-state index in [1.54, 1.807) is 7.11 Å². The summed E-state index contributed by atoms with van der Waals surface area (Å²) in [4.78, 5) is 2.33. The second-order valence-corrected chi connectivity index (χ2v) is 7.15. The lowest BCUT2D eigenvalue weighted by Gasteiger charge is -2.27. The van der Waals surface area contributed by atoms with E-state index in [1.807, 2.05) is 18.2 Å². The normalized spacial score (nSPS) is 13.6. The van der Waals surface area contributed by atoms with E-state index in [0.717, 1.165) is 43.8 Å². The first-order chi connectivity index (χ1) is 13.1. The lowest BCUT2D eigenvalue weighted by atomic mass is 9.78. The van der Waals surface area contributed by atoms with Crippen LogP contribution in [0, 0.1) is 0 Å². The van der Waals surface area contributed by atoms with E-state index in [2.05, 4.69) is 56.9 Å². The van der Waals surface area contributed by atoms with Crippen LogP contribution >= 0.6 is 0 Å². The van der Waals surface area contributed by atoms with Gasteiger partial charge in [0.05, 0.1) is 7.11 Å². The maximum atomic E-state index is 10.4. The van der Waals surface area contributed by atoms with Crippen molar-refractivity contribution in [1.82, 2.24) is 4.90 Å². The minimum atomic E-state index is 0.401. The van der Waals surface area contributed by atoms with Crippen LogP contribution in [-0.4, -0.2) is 30.2 Å². The Morgan fingerprint density at radius 1 is 0.852 bits per heavy atom. The summed E-state index contributed by atoms with van der Waals surface area (Å²) in [6, 6.07) is 14.7. The molecule has 0 unspecified atom stereocenters. The molecular formula is C24H35NO2. The minimum absolute atomic E-state index is 0.401. The fourth-order valence-electron chi connectivity index (χ4n) is 4.01. The molecule has 2 aromatic carbocycles. The molecule has 1 N–H and O–H groups in total. The summed E-state index contributed by atoms with van der Waals surface area (Å²) >= 11 is 0. The summed E-state index contributed by atoms with van der Waals surface area (Å²) < 4.78 is 5.31. The molecule has 0 aliphatic carbocycles. The van der Waals surface area contributed by atoms with Gasteiger partial charge >= 0.3 is 0 Å². The Labute approximate surface area is 165 Å². The van der Waals surface area contributed by atoms with E-state index in [-0.39, 0.29) is 0 Å². The number of aromatic hydroxyl groups is 1. The Bertz CT molecular complexity index is 692. The van der Waals surface area contributed by atoms with Gasteiger partial charge in [-0.3, -0.25) is 4.90 Å². The molecule has 0 spiro atoms. The van der Waals surface area contributed by atoms with Crippen molar-refractivity contribution in [2.75, 3.05) is 20.2 Å². The first kappa shape index (κ1) is 21.3. The molecule has 2 atom stereocenters. The van der Waals surface area contributed by atoms with Gasteiger partial charge < -0.3 is 9.84 Å². The van der Waals surface area contributed by atoms with Crippen LogP contribution in [0.15, 0.2) is 42.5 Å². The molecule has 2 aromatic rings. The highest BCUT2D eigenvalue weighted by Gasteiger charge is 2.23. The number of methoxy groups -OCH3 is 1. The predicted octanol–water partition coefficient (Wildman–Crippen LogP) is 5.93. The molecule has 148 valence electrons. The molecule has 2 rings (SSSR count). The Balaban J connectivity index is 2.33. The first-order valence-corrected chi connectivity index (χ1v) is 10.3. The summed E-state index contributed by atoms with van der Waals surface area (Å²) in [6.07, 6.45) is 2.15. The first-order valence-electron chi connectivity index (χ1n) is 10.3. The average molecular weight is 370 g/mol. The van der Waals surface area contributed by atoms with Crippen molar-refractivity contribution >= 4 is 0 Å². The van der Waals surface area contributed by atoms with E-state index in [9.17, 15) is 5.11 Å². The maximum absolute atomic E-state index is 10.4. The third-order valence-corrected chi connectivity index (χ3v) is 5.73. The predicted molar refractivity (Wildman–Crippen MR) is 114 cm³/mol. The summed E-state index contributed by atoms with van der Waals surface area (Å²) in [5, 5.41) is 10.4.